The van der Waals surface area contributed by atoms with Crippen molar-refractivity contribution in [2.24, 2.45) is 0 Å². The molecule has 0 saturated carbocycles. The van der Waals surface area contributed by atoms with Gasteiger partial charge in [-0.2, -0.15) is 13.2 Å². The first-order chi connectivity index (χ1) is 16.6. The lowest BCUT2D eigenvalue weighted by molar-refractivity contribution is -0.192. The highest BCUT2D eigenvalue weighted by atomic mass is 32.2. The summed E-state index contributed by atoms with van der Waals surface area (Å²) in [6.45, 7) is 4.02. The van der Waals surface area contributed by atoms with Crippen LogP contribution in [-0.2, 0) is 14.8 Å². The normalized spacial score (nSPS) is 11.3. The van der Waals surface area contributed by atoms with E-state index in [2.05, 4.69) is 4.72 Å². The van der Waals surface area contributed by atoms with Crippen LogP contribution >= 0.6 is 0 Å². The molecule has 36 heavy (non-hydrogen) atoms. The minimum absolute atomic E-state index is 0.00448. The van der Waals surface area contributed by atoms with Gasteiger partial charge >= 0.3 is 18.1 Å². The standard InChI is InChI=1S/C20H27N3O5S.C2HF3O2/c1-5-23(13-12-22(2)3)19-11-6-15(20(24)25)14-18(19)21-29(26,27)17-9-7-16(28-4)8-10-17;3-2(4,5)1(6)7/h6-11,14,21H,5,12-13H2,1-4H3,(H,24,25);(H,6,7). The van der Waals surface area contributed by atoms with Crippen molar-refractivity contribution in [2.75, 3.05) is 50.5 Å². The van der Waals surface area contributed by atoms with Crippen LogP contribution in [0, 0.1) is 0 Å². The molecule has 0 aromatic heterocycles. The van der Waals surface area contributed by atoms with Crippen LogP contribution < -0.4 is 14.4 Å². The fourth-order valence-electron chi connectivity index (χ4n) is 2.75. The molecule has 200 valence electrons. The molecule has 14 heteroatoms. The van der Waals surface area contributed by atoms with E-state index in [-0.39, 0.29) is 16.1 Å². The van der Waals surface area contributed by atoms with E-state index in [0.717, 1.165) is 6.54 Å². The van der Waals surface area contributed by atoms with Crippen molar-refractivity contribution in [1.29, 1.82) is 0 Å². The van der Waals surface area contributed by atoms with Gasteiger partial charge in [-0.1, -0.05) is 0 Å². The number of benzene rings is 2. The van der Waals surface area contributed by atoms with E-state index in [4.69, 9.17) is 14.6 Å². The molecule has 0 aliphatic heterocycles. The van der Waals surface area contributed by atoms with Crippen molar-refractivity contribution in [1.82, 2.24) is 4.90 Å². The van der Waals surface area contributed by atoms with Gasteiger partial charge in [-0.05, 0) is 63.5 Å². The van der Waals surface area contributed by atoms with Crippen molar-refractivity contribution in [3.8, 4) is 5.75 Å². The number of alkyl halides is 3. The van der Waals surface area contributed by atoms with Gasteiger partial charge in [0.05, 0.1) is 28.9 Å². The Kier molecular flexibility index (Phi) is 11.0. The predicted octanol–water partition coefficient (Wildman–Crippen LogP) is 3.22. The summed E-state index contributed by atoms with van der Waals surface area (Å²) >= 11 is 0. The zero-order valence-corrected chi connectivity index (χ0v) is 20.9. The third-order valence-electron chi connectivity index (χ3n) is 4.64. The molecule has 0 saturated heterocycles. The van der Waals surface area contributed by atoms with Crippen LogP contribution in [0.15, 0.2) is 47.4 Å². The monoisotopic (exact) mass is 535 g/mol. The lowest BCUT2D eigenvalue weighted by Crippen LogP contribution is -2.32. The molecule has 0 aliphatic rings. The number of nitrogens with one attached hydrogen (secondary N) is 1. The van der Waals surface area contributed by atoms with Crippen LogP contribution in [0.25, 0.3) is 0 Å². The van der Waals surface area contributed by atoms with Crippen molar-refractivity contribution in [3.63, 3.8) is 0 Å². The molecule has 0 heterocycles. The van der Waals surface area contributed by atoms with Gasteiger partial charge in [0.2, 0.25) is 0 Å². The number of anilines is 2. The number of nitrogens with zero attached hydrogens (tertiary/aromatic N) is 2. The van der Waals surface area contributed by atoms with E-state index < -0.39 is 28.1 Å². The maximum Gasteiger partial charge on any atom is 0.490 e. The van der Waals surface area contributed by atoms with Crippen LogP contribution in [0.2, 0.25) is 0 Å². The number of carbonyl (C=O) groups is 2. The quantitative estimate of drug-likeness (QED) is 0.419. The van der Waals surface area contributed by atoms with Crippen molar-refractivity contribution >= 4 is 33.3 Å². The molecule has 0 spiro atoms. The number of sulfonamides is 1. The number of hydrogen-bond acceptors (Lipinski definition) is 7. The van der Waals surface area contributed by atoms with E-state index in [1.54, 1.807) is 18.2 Å². The zero-order valence-electron chi connectivity index (χ0n) is 20.0. The van der Waals surface area contributed by atoms with Crippen LogP contribution in [0.1, 0.15) is 17.3 Å². The maximum atomic E-state index is 12.9. The first kappa shape index (κ1) is 30.5. The molecule has 0 amide bonds. The van der Waals surface area contributed by atoms with Gasteiger partial charge < -0.3 is 24.7 Å². The molecule has 2 aromatic rings. The second kappa shape index (κ2) is 13.0. The van der Waals surface area contributed by atoms with Gasteiger partial charge in [0.1, 0.15) is 5.75 Å². The molecule has 0 bridgehead atoms. The summed E-state index contributed by atoms with van der Waals surface area (Å²) in [7, 11) is 1.49. The fourth-order valence-corrected chi connectivity index (χ4v) is 3.82. The number of halogens is 3. The summed E-state index contributed by atoms with van der Waals surface area (Å²) in [5.74, 6) is -3.34. The van der Waals surface area contributed by atoms with Gasteiger partial charge in [-0.3, -0.25) is 4.72 Å². The van der Waals surface area contributed by atoms with E-state index in [1.165, 1.54) is 31.4 Å². The Labute approximate surface area is 206 Å². The summed E-state index contributed by atoms with van der Waals surface area (Å²) < 4.78 is 65.1. The Hall–Kier alpha value is -3.52. The minimum atomic E-state index is -5.08. The van der Waals surface area contributed by atoms with Gasteiger partial charge in [-0.25, -0.2) is 18.0 Å². The topological polar surface area (TPSA) is 136 Å². The van der Waals surface area contributed by atoms with Crippen LogP contribution in [0.5, 0.6) is 5.75 Å². The van der Waals surface area contributed by atoms with E-state index in [0.29, 0.717) is 24.5 Å². The highest BCUT2D eigenvalue weighted by Gasteiger charge is 2.38. The summed E-state index contributed by atoms with van der Waals surface area (Å²) in [5, 5.41) is 16.5. The summed E-state index contributed by atoms with van der Waals surface area (Å²) in [4.78, 5) is 24.4. The SMILES string of the molecule is CCN(CCN(C)C)c1ccc(C(=O)O)cc1NS(=O)(=O)c1ccc(OC)cc1.O=C(O)C(F)(F)F. The van der Waals surface area contributed by atoms with E-state index >= 15 is 0 Å². The number of rotatable bonds is 10. The Morgan fingerprint density at radius 1 is 1.03 bits per heavy atom. The van der Waals surface area contributed by atoms with Gasteiger partial charge in [0, 0.05) is 19.6 Å². The number of aromatic carboxylic acids is 1. The summed E-state index contributed by atoms with van der Waals surface area (Å²) in [6, 6.07) is 10.4. The first-order valence-corrected chi connectivity index (χ1v) is 11.8. The number of aliphatic carboxylic acids is 1. The minimum Gasteiger partial charge on any atom is -0.497 e. The second-order valence-electron chi connectivity index (χ2n) is 7.50. The lowest BCUT2D eigenvalue weighted by Gasteiger charge is -2.27. The van der Waals surface area contributed by atoms with Crippen molar-refractivity contribution < 1.29 is 46.1 Å². The van der Waals surface area contributed by atoms with Gasteiger partial charge in [0.25, 0.3) is 10.0 Å². The molecule has 10 nitrogen and oxygen atoms in total. The summed E-state index contributed by atoms with van der Waals surface area (Å²) in [6.07, 6.45) is -5.08. The maximum absolute atomic E-state index is 12.9. The Balaban J connectivity index is 0.000000809. The molecule has 2 rings (SSSR count). The highest BCUT2D eigenvalue weighted by Crippen LogP contribution is 2.30. The number of methoxy groups -OCH3 is 1. The predicted molar refractivity (Wildman–Crippen MR) is 127 cm³/mol. The van der Waals surface area contributed by atoms with E-state index in [1.807, 2.05) is 30.8 Å². The molecule has 2 aromatic carbocycles. The molecular weight excluding hydrogens is 507 g/mol. The Bertz CT molecular complexity index is 1140. The Morgan fingerprint density at radius 2 is 1.58 bits per heavy atom. The van der Waals surface area contributed by atoms with Crippen LogP contribution in [0.4, 0.5) is 24.5 Å². The van der Waals surface area contributed by atoms with Crippen LogP contribution in [-0.4, -0.2) is 82.5 Å². The average Bonchev–Trinajstić information content (AvgIpc) is 2.79. The molecule has 0 atom stereocenters. The van der Waals surface area contributed by atoms with Crippen molar-refractivity contribution in [3.05, 3.63) is 48.0 Å². The third kappa shape index (κ3) is 9.26. The second-order valence-corrected chi connectivity index (χ2v) is 9.19. The molecule has 3 N–H and O–H groups in total. The molecule has 0 unspecified atom stereocenters. The fraction of sp³-hybridized carbons (Fsp3) is 0.364. The summed E-state index contributed by atoms with van der Waals surface area (Å²) in [5.41, 5.74) is 0.850. The first-order valence-electron chi connectivity index (χ1n) is 10.4. The smallest absolute Gasteiger partial charge is 0.490 e. The van der Waals surface area contributed by atoms with E-state index in [9.17, 15) is 31.5 Å². The molecular formula is C22H28F3N3O7S. The zero-order chi connectivity index (χ0) is 27.7. The number of hydrogen-bond donors (Lipinski definition) is 3. The van der Waals surface area contributed by atoms with Gasteiger partial charge in [-0.15, -0.1) is 0 Å². The largest absolute Gasteiger partial charge is 0.497 e. The number of likely N-dealkylation sites (N-methyl/N-ethyl adjacent to an activating group) is 2. The van der Waals surface area contributed by atoms with Crippen LogP contribution in [0.3, 0.4) is 0 Å². The number of carboxylic acid groups (broad SMARTS) is 2. The molecule has 0 radical (unpaired) electrons. The number of ether oxygens (including phenoxy) is 1. The Morgan fingerprint density at radius 3 is 2.00 bits per heavy atom. The average molecular weight is 536 g/mol. The number of carboxylic acids is 2. The third-order valence-corrected chi connectivity index (χ3v) is 6.02. The molecule has 0 aliphatic carbocycles. The lowest BCUT2D eigenvalue weighted by atomic mass is 10.1. The highest BCUT2D eigenvalue weighted by molar-refractivity contribution is 7.92. The van der Waals surface area contributed by atoms with Gasteiger partial charge in [0.15, 0.2) is 0 Å². The molecule has 0 fully saturated rings. The van der Waals surface area contributed by atoms with Crippen molar-refractivity contribution in [2.45, 2.75) is 18.0 Å².